The Morgan fingerprint density at radius 2 is 1.76 bits per heavy atom. The van der Waals surface area contributed by atoms with Crippen molar-refractivity contribution in [3.8, 4) is 0 Å². The van der Waals surface area contributed by atoms with Crippen molar-refractivity contribution in [2.24, 2.45) is 5.92 Å². The van der Waals surface area contributed by atoms with Crippen LogP contribution in [0.1, 0.15) is 46.5 Å². The fourth-order valence-corrected chi connectivity index (χ4v) is 4.85. The van der Waals surface area contributed by atoms with Gasteiger partial charge in [0.15, 0.2) is 0 Å². The Morgan fingerprint density at radius 1 is 1.10 bits per heavy atom. The standard InChI is InChI=1S/C21H34FN3O3S/c1-21(2,3)29(26,27)24-18-6-4-16(5-7-18)15-23-19-12-17(22)13-20(14-19)25-8-10-28-11-9-25/h12-14,16,18,23-24H,4-11,15H2,1-3H3. The second kappa shape index (κ2) is 9.18. The van der Waals surface area contributed by atoms with Crippen LogP contribution in [0.2, 0.25) is 0 Å². The van der Waals surface area contributed by atoms with Gasteiger partial charge in [-0.25, -0.2) is 17.5 Å². The van der Waals surface area contributed by atoms with Crippen LogP contribution in [-0.2, 0) is 14.8 Å². The van der Waals surface area contributed by atoms with Gasteiger partial charge in [0.05, 0.1) is 18.0 Å². The lowest BCUT2D eigenvalue weighted by Crippen LogP contribution is -2.46. The summed E-state index contributed by atoms with van der Waals surface area (Å²) in [4.78, 5) is 2.14. The summed E-state index contributed by atoms with van der Waals surface area (Å²) in [5.74, 6) is 0.220. The molecule has 1 saturated heterocycles. The van der Waals surface area contributed by atoms with E-state index in [4.69, 9.17) is 4.74 Å². The predicted molar refractivity (Wildman–Crippen MR) is 115 cm³/mol. The summed E-state index contributed by atoms with van der Waals surface area (Å²) >= 11 is 0. The maximum atomic E-state index is 14.1. The Morgan fingerprint density at radius 3 is 2.38 bits per heavy atom. The summed E-state index contributed by atoms with van der Waals surface area (Å²) in [6.45, 7) is 8.81. The number of nitrogens with zero attached hydrogens (tertiary/aromatic N) is 1. The van der Waals surface area contributed by atoms with E-state index in [1.54, 1.807) is 26.8 Å². The van der Waals surface area contributed by atoms with E-state index in [-0.39, 0.29) is 11.9 Å². The molecule has 1 saturated carbocycles. The number of rotatable bonds is 6. The Balaban J connectivity index is 1.50. The van der Waals surface area contributed by atoms with Crippen LogP contribution in [0, 0.1) is 11.7 Å². The SMILES string of the molecule is CC(C)(C)S(=O)(=O)NC1CCC(CNc2cc(F)cc(N3CCOCC3)c2)CC1. The van der Waals surface area contributed by atoms with Gasteiger partial charge in [-0.05, 0) is 70.6 Å². The zero-order valence-corrected chi connectivity index (χ0v) is 18.5. The fourth-order valence-electron chi connectivity index (χ4n) is 3.82. The number of morpholine rings is 1. The van der Waals surface area contributed by atoms with E-state index in [0.29, 0.717) is 19.1 Å². The van der Waals surface area contributed by atoms with Crippen LogP contribution in [0.4, 0.5) is 15.8 Å². The molecule has 0 atom stereocenters. The first kappa shape index (κ1) is 22.3. The molecule has 8 heteroatoms. The summed E-state index contributed by atoms with van der Waals surface area (Å²) in [5.41, 5.74) is 1.68. The van der Waals surface area contributed by atoms with Crippen molar-refractivity contribution in [2.45, 2.75) is 57.2 Å². The summed E-state index contributed by atoms with van der Waals surface area (Å²) in [5, 5.41) is 3.39. The van der Waals surface area contributed by atoms with E-state index in [0.717, 1.165) is 56.7 Å². The van der Waals surface area contributed by atoms with E-state index in [1.165, 1.54) is 6.07 Å². The van der Waals surface area contributed by atoms with Gasteiger partial charge in [-0.3, -0.25) is 0 Å². The van der Waals surface area contributed by atoms with Gasteiger partial charge in [-0.1, -0.05) is 0 Å². The van der Waals surface area contributed by atoms with Crippen LogP contribution in [-0.4, -0.2) is 52.1 Å². The van der Waals surface area contributed by atoms with Crippen molar-refractivity contribution in [3.05, 3.63) is 24.0 Å². The maximum absolute atomic E-state index is 14.1. The first-order valence-corrected chi connectivity index (χ1v) is 12.0. The topological polar surface area (TPSA) is 70.7 Å². The lowest BCUT2D eigenvalue weighted by molar-refractivity contribution is 0.122. The number of nitrogens with one attached hydrogen (secondary N) is 2. The average Bonchev–Trinajstić information content (AvgIpc) is 2.66. The minimum Gasteiger partial charge on any atom is -0.385 e. The fraction of sp³-hybridized carbons (Fsp3) is 0.714. The van der Waals surface area contributed by atoms with E-state index >= 15 is 0 Å². The quantitative estimate of drug-likeness (QED) is 0.729. The third kappa shape index (κ3) is 6.06. The zero-order chi connectivity index (χ0) is 21.1. The third-order valence-corrected chi connectivity index (χ3v) is 8.08. The average molecular weight is 428 g/mol. The van der Waals surface area contributed by atoms with E-state index in [9.17, 15) is 12.8 Å². The lowest BCUT2D eigenvalue weighted by Gasteiger charge is -2.32. The van der Waals surface area contributed by atoms with Crippen molar-refractivity contribution >= 4 is 21.4 Å². The van der Waals surface area contributed by atoms with E-state index in [2.05, 4.69) is 14.9 Å². The first-order chi connectivity index (χ1) is 13.6. The van der Waals surface area contributed by atoms with Crippen molar-refractivity contribution in [1.82, 2.24) is 4.72 Å². The molecule has 1 aromatic rings. The molecule has 1 aliphatic carbocycles. The van der Waals surface area contributed by atoms with Gasteiger partial charge in [0, 0.05) is 37.1 Å². The summed E-state index contributed by atoms with van der Waals surface area (Å²) in [7, 11) is -3.31. The zero-order valence-electron chi connectivity index (χ0n) is 17.7. The van der Waals surface area contributed by atoms with Crippen molar-refractivity contribution in [1.29, 1.82) is 0 Å². The molecule has 0 unspecified atom stereocenters. The van der Waals surface area contributed by atoms with Gasteiger partial charge in [-0.15, -0.1) is 0 Å². The molecule has 2 aliphatic rings. The second-order valence-corrected chi connectivity index (χ2v) is 11.6. The number of ether oxygens (including phenoxy) is 1. The largest absolute Gasteiger partial charge is 0.385 e. The van der Waals surface area contributed by atoms with Gasteiger partial charge in [-0.2, -0.15) is 0 Å². The second-order valence-electron chi connectivity index (χ2n) is 9.13. The van der Waals surface area contributed by atoms with Crippen LogP contribution in [0.25, 0.3) is 0 Å². The molecule has 1 aliphatic heterocycles. The monoisotopic (exact) mass is 427 g/mol. The molecule has 3 rings (SSSR count). The Labute approximate surface area is 174 Å². The number of halogens is 1. The van der Waals surface area contributed by atoms with Crippen LogP contribution < -0.4 is 14.9 Å². The van der Waals surface area contributed by atoms with Crippen LogP contribution >= 0.6 is 0 Å². The highest BCUT2D eigenvalue weighted by Gasteiger charge is 2.32. The molecular weight excluding hydrogens is 393 g/mol. The van der Waals surface area contributed by atoms with Crippen molar-refractivity contribution in [3.63, 3.8) is 0 Å². The summed E-state index contributed by atoms with van der Waals surface area (Å²) in [6.07, 6.45) is 3.58. The van der Waals surface area contributed by atoms with Gasteiger partial charge in [0.2, 0.25) is 10.0 Å². The molecule has 164 valence electrons. The number of hydrogen-bond donors (Lipinski definition) is 2. The molecule has 0 bridgehead atoms. The highest BCUT2D eigenvalue weighted by Crippen LogP contribution is 2.28. The molecule has 1 heterocycles. The lowest BCUT2D eigenvalue weighted by atomic mass is 9.86. The molecule has 6 nitrogen and oxygen atoms in total. The maximum Gasteiger partial charge on any atom is 0.216 e. The molecule has 0 spiro atoms. The molecule has 29 heavy (non-hydrogen) atoms. The number of hydrogen-bond acceptors (Lipinski definition) is 5. The summed E-state index contributed by atoms with van der Waals surface area (Å²) < 4.78 is 46.2. The molecule has 1 aromatic carbocycles. The highest BCUT2D eigenvalue weighted by atomic mass is 32.2. The molecular formula is C21H34FN3O3S. The number of sulfonamides is 1. The van der Waals surface area contributed by atoms with Crippen LogP contribution in [0.15, 0.2) is 18.2 Å². The first-order valence-electron chi connectivity index (χ1n) is 10.5. The molecule has 2 fully saturated rings. The Hall–Kier alpha value is -1.38. The van der Waals surface area contributed by atoms with Crippen LogP contribution in [0.5, 0.6) is 0 Å². The third-order valence-electron chi connectivity index (χ3n) is 5.83. The molecule has 0 amide bonds. The van der Waals surface area contributed by atoms with Gasteiger partial charge < -0.3 is 15.0 Å². The minimum absolute atomic E-state index is 0.0116. The van der Waals surface area contributed by atoms with Gasteiger partial charge in [0.1, 0.15) is 5.82 Å². The summed E-state index contributed by atoms with van der Waals surface area (Å²) in [6, 6.07) is 5.12. The Kier molecular flexibility index (Phi) is 7.06. The molecule has 2 N–H and O–H groups in total. The normalized spacial score (nSPS) is 23.8. The number of benzene rings is 1. The molecule has 0 aromatic heterocycles. The number of anilines is 2. The van der Waals surface area contributed by atoms with E-state index < -0.39 is 14.8 Å². The van der Waals surface area contributed by atoms with Crippen LogP contribution in [0.3, 0.4) is 0 Å². The van der Waals surface area contributed by atoms with Gasteiger partial charge >= 0.3 is 0 Å². The van der Waals surface area contributed by atoms with Crippen molar-refractivity contribution in [2.75, 3.05) is 43.1 Å². The highest BCUT2D eigenvalue weighted by molar-refractivity contribution is 7.90. The minimum atomic E-state index is -3.31. The van der Waals surface area contributed by atoms with E-state index in [1.807, 2.05) is 6.07 Å². The van der Waals surface area contributed by atoms with Gasteiger partial charge in [0.25, 0.3) is 0 Å². The van der Waals surface area contributed by atoms with Crippen molar-refractivity contribution < 1.29 is 17.5 Å². The smallest absolute Gasteiger partial charge is 0.216 e. The molecule has 0 radical (unpaired) electrons. The Bertz CT molecular complexity index is 781. The predicted octanol–water partition coefficient (Wildman–Crippen LogP) is 3.35.